The van der Waals surface area contributed by atoms with Gasteiger partial charge in [0.05, 0.1) is 17.3 Å². The van der Waals surface area contributed by atoms with Crippen molar-refractivity contribution in [1.29, 1.82) is 0 Å². The Morgan fingerprint density at radius 2 is 1.88 bits per heavy atom. The van der Waals surface area contributed by atoms with Crippen LogP contribution in [0.5, 0.6) is 11.5 Å². The van der Waals surface area contributed by atoms with E-state index >= 15 is 0 Å². The number of fused-ring (bicyclic) bond motifs is 6. The van der Waals surface area contributed by atoms with Crippen molar-refractivity contribution in [3.63, 3.8) is 0 Å². The molecule has 1 aromatic carbocycles. The number of nitrogens with two attached hydrogens (primary N) is 2. The minimum atomic E-state index is -5.15. The molecule has 3 aliphatic carbocycles. The van der Waals surface area contributed by atoms with E-state index in [1.807, 2.05) is 0 Å². The third kappa shape index (κ3) is 3.34. The van der Waals surface area contributed by atoms with Gasteiger partial charge in [0.2, 0.25) is 5.78 Å². The number of nitrogens with one attached hydrogen (secondary N) is 2. The molecule has 2 unspecified atom stereocenters. The van der Waals surface area contributed by atoms with Crippen LogP contribution in [0.3, 0.4) is 0 Å². The summed E-state index contributed by atoms with van der Waals surface area (Å²) in [6.07, 6.45) is -5.21. The number of ether oxygens (including phenoxy) is 1. The number of phenolic OH excluding ortho intramolecular Hbond substituents is 1. The first kappa shape index (κ1) is 26.4. The molecule has 1 saturated carbocycles. The summed E-state index contributed by atoms with van der Waals surface area (Å²) in [5.74, 6) is -10.1. The number of Topliss-reactive ketones (excluding diaryl/α,β-unsaturated/α-hetero) is 2. The van der Waals surface area contributed by atoms with Crippen LogP contribution in [-0.2, 0) is 20.8 Å². The Morgan fingerprint density at radius 1 is 1.18 bits per heavy atom. The molecule has 1 aromatic rings. The van der Waals surface area contributed by atoms with Gasteiger partial charge in [-0.2, -0.15) is 0 Å². The summed E-state index contributed by atoms with van der Waals surface area (Å²) in [5, 5.41) is 50.7. The molecular weight excluding hydrogens is 541 g/mol. The fourth-order valence-corrected chi connectivity index (χ4v) is 7.10. The lowest BCUT2D eigenvalue weighted by Crippen LogP contribution is -2.65. The highest BCUT2D eigenvalue weighted by Crippen LogP contribution is 2.58. The maximum Gasteiger partial charge on any atom is 0.573 e. The number of hydrogen-bond acceptors (Lipinski definition) is 11. The van der Waals surface area contributed by atoms with Gasteiger partial charge in [0, 0.05) is 35.2 Å². The standard InChI is InChI=1S/C25H25F3N4O8/c26-25(27,28)40-20-8-3-7-4-9-14(29)18(34)13(23(30)38)22(37)24(9,39)21(36)10(7)17(33)11(8)19(35)16-12(20)15-6(5-32-16)1-2-31-15/h6-7,9,14-15,31-33,35,37,39H,1-5,29H2,(H2,30,38)/t6?,7-,9-,14-,15?,24-/m0/s1. The molecule has 10 N–H and O–H groups in total. The second kappa shape index (κ2) is 8.34. The number of aromatic hydroxyl groups is 1. The number of alkyl halides is 3. The number of anilines is 1. The van der Waals surface area contributed by atoms with Crippen LogP contribution in [0.1, 0.15) is 35.6 Å². The lowest BCUT2D eigenvalue weighted by Gasteiger charge is -2.48. The zero-order chi connectivity index (χ0) is 29.0. The van der Waals surface area contributed by atoms with E-state index < -0.39 is 93.1 Å². The van der Waals surface area contributed by atoms with Crippen molar-refractivity contribution in [1.82, 2.24) is 5.32 Å². The third-order valence-electron chi connectivity index (χ3n) is 8.83. The molecule has 6 rings (SSSR count). The van der Waals surface area contributed by atoms with Gasteiger partial charge in [-0.05, 0) is 37.6 Å². The number of rotatable bonds is 2. The quantitative estimate of drug-likeness (QED) is 0.180. The van der Waals surface area contributed by atoms with Gasteiger partial charge in [-0.25, -0.2) is 0 Å². The van der Waals surface area contributed by atoms with Crippen molar-refractivity contribution in [3.8, 4) is 11.5 Å². The first-order valence-corrected chi connectivity index (χ1v) is 12.6. The van der Waals surface area contributed by atoms with Gasteiger partial charge in [0.15, 0.2) is 17.1 Å². The van der Waals surface area contributed by atoms with Gasteiger partial charge >= 0.3 is 6.36 Å². The van der Waals surface area contributed by atoms with Crippen LogP contribution >= 0.6 is 0 Å². The van der Waals surface area contributed by atoms with Crippen LogP contribution in [-0.4, -0.2) is 69.0 Å². The molecule has 214 valence electrons. The monoisotopic (exact) mass is 566 g/mol. The maximum absolute atomic E-state index is 13.7. The van der Waals surface area contributed by atoms with Crippen LogP contribution in [0, 0.1) is 17.8 Å². The second-order valence-corrected chi connectivity index (χ2v) is 10.8. The van der Waals surface area contributed by atoms with E-state index in [0.717, 1.165) is 0 Å². The molecule has 6 atom stereocenters. The van der Waals surface area contributed by atoms with Crippen LogP contribution < -0.4 is 26.8 Å². The van der Waals surface area contributed by atoms with Gasteiger partial charge in [0.1, 0.15) is 22.8 Å². The zero-order valence-corrected chi connectivity index (χ0v) is 20.6. The Hall–Kier alpha value is -3.82. The lowest BCUT2D eigenvalue weighted by molar-refractivity contribution is -0.275. The molecule has 40 heavy (non-hydrogen) atoms. The average Bonchev–Trinajstić information content (AvgIpc) is 3.35. The topological polar surface area (TPSA) is 217 Å². The van der Waals surface area contributed by atoms with Crippen LogP contribution in [0.25, 0.3) is 5.76 Å². The van der Waals surface area contributed by atoms with Gasteiger partial charge in [0.25, 0.3) is 5.91 Å². The highest BCUT2D eigenvalue weighted by Gasteiger charge is 2.63. The molecule has 2 fully saturated rings. The molecule has 0 radical (unpaired) electrons. The molecule has 15 heteroatoms. The van der Waals surface area contributed by atoms with Crippen molar-refractivity contribution in [2.45, 2.75) is 43.3 Å². The number of primary amides is 1. The molecule has 5 aliphatic rings. The van der Waals surface area contributed by atoms with Crippen molar-refractivity contribution in [2.24, 2.45) is 29.2 Å². The number of carbonyl (C=O) groups excluding carboxylic acids is 3. The highest BCUT2D eigenvalue weighted by atomic mass is 19.4. The fraction of sp³-hybridized carbons (Fsp3) is 0.480. The van der Waals surface area contributed by atoms with Gasteiger partial charge in [-0.1, -0.05) is 0 Å². The summed E-state index contributed by atoms with van der Waals surface area (Å²) in [6.45, 7) is 0.825. The summed E-state index contributed by atoms with van der Waals surface area (Å²) in [4.78, 5) is 38.3. The largest absolute Gasteiger partial charge is 0.573 e. The Labute approximate surface area is 223 Å². The summed E-state index contributed by atoms with van der Waals surface area (Å²) in [6, 6.07) is -2.26. The molecule has 1 saturated heterocycles. The number of hydrogen-bond donors (Lipinski definition) is 8. The molecule has 12 nitrogen and oxygen atoms in total. The summed E-state index contributed by atoms with van der Waals surface area (Å²) >= 11 is 0. The predicted octanol–water partition coefficient (Wildman–Crippen LogP) is 0.336. The summed E-state index contributed by atoms with van der Waals surface area (Å²) in [5.41, 5.74) is 5.87. The molecule has 2 aliphatic heterocycles. The molecule has 0 bridgehead atoms. The number of halogens is 3. The second-order valence-electron chi connectivity index (χ2n) is 10.8. The molecular formula is C25H25F3N4O8. The Kier molecular flexibility index (Phi) is 5.51. The van der Waals surface area contributed by atoms with Crippen LogP contribution in [0.2, 0.25) is 0 Å². The Balaban J connectivity index is 1.59. The van der Waals surface area contributed by atoms with Crippen molar-refractivity contribution in [2.75, 3.05) is 18.4 Å². The van der Waals surface area contributed by atoms with E-state index in [-0.39, 0.29) is 35.6 Å². The van der Waals surface area contributed by atoms with E-state index in [2.05, 4.69) is 15.4 Å². The maximum atomic E-state index is 13.7. The summed E-state index contributed by atoms with van der Waals surface area (Å²) < 4.78 is 45.7. The Bertz CT molecular complexity index is 1470. The molecule has 0 aromatic heterocycles. The normalized spacial score (nSPS) is 33.0. The first-order chi connectivity index (χ1) is 18.7. The third-order valence-corrected chi connectivity index (χ3v) is 8.83. The molecule has 0 spiro atoms. The molecule has 1 amide bonds. The van der Waals surface area contributed by atoms with E-state index in [1.54, 1.807) is 0 Å². The zero-order valence-electron chi connectivity index (χ0n) is 20.6. The number of ketones is 2. The van der Waals surface area contributed by atoms with Gasteiger partial charge in [-0.15, -0.1) is 13.2 Å². The van der Waals surface area contributed by atoms with Crippen molar-refractivity contribution in [3.05, 3.63) is 33.6 Å². The lowest BCUT2D eigenvalue weighted by atomic mass is 9.57. The first-order valence-electron chi connectivity index (χ1n) is 12.6. The van der Waals surface area contributed by atoms with Gasteiger partial charge < -0.3 is 47.3 Å². The SMILES string of the molecule is NC(=O)C1=C(O)[C@@]2(O)C(=O)C3=C(O)c4c(O)c5c(c(OC(F)(F)F)c4C[C@H]3C[C@H]2[C@H](N)C1=O)C1NCCC1CN5. The smallest absolute Gasteiger partial charge is 0.508 e. The molecule has 2 heterocycles. The van der Waals surface area contributed by atoms with Crippen molar-refractivity contribution < 1.29 is 52.7 Å². The fourth-order valence-electron chi connectivity index (χ4n) is 7.10. The van der Waals surface area contributed by atoms with E-state index in [4.69, 9.17) is 11.5 Å². The van der Waals surface area contributed by atoms with Crippen molar-refractivity contribution >= 4 is 28.9 Å². The minimum absolute atomic E-state index is 0.0356. The average molecular weight is 566 g/mol. The van der Waals surface area contributed by atoms with Gasteiger partial charge in [-0.3, -0.25) is 14.4 Å². The number of aliphatic hydroxyl groups excluding tert-OH is 2. The highest BCUT2D eigenvalue weighted by molar-refractivity contribution is 6.24. The van der Waals surface area contributed by atoms with Crippen LogP contribution in [0.4, 0.5) is 18.9 Å². The minimum Gasteiger partial charge on any atom is -0.508 e. The number of aliphatic hydroxyl groups is 3. The Morgan fingerprint density at radius 3 is 2.52 bits per heavy atom. The van der Waals surface area contributed by atoms with E-state index in [9.17, 15) is 48.0 Å². The predicted molar refractivity (Wildman–Crippen MR) is 129 cm³/mol. The van der Waals surface area contributed by atoms with Crippen LogP contribution in [0.15, 0.2) is 16.9 Å². The van der Waals surface area contributed by atoms with E-state index in [1.165, 1.54) is 0 Å². The number of benzene rings is 1. The number of carbonyl (C=O) groups is 3. The summed E-state index contributed by atoms with van der Waals surface area (Å²) in [7, 11) is 0. The van der Waals surface area contributed by atoms with E-state index in [0.29, 0.717) is 19.5 Å². The number of phenols is 1. The number of amides is 1.